The highest BCUT2D eigenvalue weighted by Gasteiger charge is 2.23. The summed E-state index contributed by atoms with van der Waals surface area (Å²) in [5.74, 6) is 0. The molecule has 1 aliphatic heterocycles. The van der Waals surface area contributed by atoms with Gasteiger partial charge in [0.25, 0.3) is 0 Å². The first-order valence-electron chi connectivity index (χ1n) is 4.48. The summed E-state index contributed by atoms with van der Waals surface area (Å²) in [6, 6.07) is 0. The molecule has 1 heterocycles. The van der Waals surface area contributed by atoms with E-state index in [2.05, 4.69) is 14.0 Å². The van der Waals surface area contributed by atoms with Gasteiger partial charge in [-0.15, -0.1) is 0 Å². The highest BCUT2D eigenvalue weighted by molar-refractivity contribution is 6.50. The second-order valence-electron chi connectivity index (χ2n) is 3.58. The normalized spacial score (nSPS) is 20.8. The van der Waals surface area contributed by atoms with Gasteiger partial charge in [-0.3, -0.25) is 0 Å². The molecule has 13 heavy (non-hydrogen) atoms. The second kappa shape index (κ2) is 4.84. The van der Waals surface area contributed by atoms with Crippen LogP contribution in [0.3, 0.4) is 0 Å². The van der Waals surface area contributed by atoms with Crippen LogP contribution in [0.15, 0.2) is 0 Å². The number of nitrogens with zero attached hydrogens (tertiary/aromatic N) is 1. The molecule has 0 aliphatic carbocycles. The predicted octanol–water partition coefficient (Wildman–Crippen LogP) is 2.55. The van der Waals surface area contributed by atoms with E-state index in [0.29, 0.717) is 0 Å². The molecule has 1 fully saturated rings. The van der Waals surface area contributed by atoms with Gasteiger partial charge in [0.15, 0.2) is 0 Å². The molecule has 0 radical (unpaired) electrons. The predicted molar refractivity (Wildman–Crippen MR) is 45.9 cm³/mol. The van der Waals surface area contributed by atoms with Gasteiger partial charge < -0.3 is 21.7 Å². The average molecular weight is 201 g/mol. The molecule has 80 valence electrons. The van der Waals surface area contributed by atoms with Crippen molar-refractivity contribution < 1.29 is 21.7 Å². The molecule has 0 spiro atoms. The van der Waals surface area contributed by atoms with E-state index in [9.17, 15) is 17.3 Å². The minimum absolute atomic E-state index is 1.32. The number of hydrogen-bond acceptors (Lipinski definition) is 0. The Kier molecular flexibility index (Phi) is 4.74. The zero-order valence-corrected chi connectivity index (χ0v) is 8.07. The number of rotatable bonds is 1. The lowest BCUT2D eigenvalue weighted by Crippen LogP contribution is -2.40. The molecule has 0 N–H and O–H groups in total. The maximum absolute atomic E-state index is 9.75. The molecule has 1 rings (SSSR count). The van der Waals surface area contributed by atoms with Gasteiger partial charge in [0.1, 0.15) is 0 Å². The van der Waals surface area contributed by atoms with Crippen molar-refractivity contribution in [2.45, 2.75) is 19.8 Å². The summed E-state index contributed by atoms with van der Waals surface area (Å²) in [4.78, 5) is 0. The third-order valence-corrected chi connectivity index (χ3v) is 2.41. The molecule has 6 heteroatoms. The molecule has 0 aromatic carbocycles. The SMILES string of the molecule is CC[N+]1(C)CCCC1.F[B-](F)(F)F. The summed E-state index contributed by atoms with van der Waals surface area (Å²) in [7, 11) is -3.65. The molecule has 0 unspecified atom stereocenters. The summed E-state index contributed by atoms with van der Waals surface area (Å²) >= 11 is 0. The first-order valence-corrected chi connectivity index (χ1v) is 4.48. The topological polar surface area (TPSA) is 0 Å². The van der Waals surface area contributed by atoms with E-state index in [0.717, 1.165) is 0 Å². The molecule has 0 aromatic heterocycles. The van der Waals surface area contributed by atoms with Gasteiger partial charge in [0.2, 0.25) is 0 Å². The largest absolute Gasteiger partial charge is 0.673 e. The van der Waals surface area contributed by atoms with Crippen molar-refractivity contribution in [2.24, 2.45) is 0 Å². The van der Waals surface area contributed by atoms with Gasteiger partial charge in [0.05, 0.1) is 26.7 Å². The van der Waals surface area contributed by atoms with Crippen molar-refractivity contribution in [2.75, 3.05) is 26.7 Å². The van der Waals surface area contributed by atoms with E-state index < -0.39 is 7.25 Å². The Morgan fingerprint density at radius 2 is 1.38 bits per heavy atom. The highest BCUT2D eigenvalue weighted by Crippen LogP contribution is 2.14. The van der Waals surface area contributed by atoms with E-state index in [1.54, 1.807) is 0 Å². The van der Waals surface area contributed by atoms with E-state index in [4.69, 9.17) is 0 Å². The lowest BCUT2D eigenvalue weighted by molar-refractivity contribution is -0.895. The number of halogens is 4. The fourth-order valence-corrected chi connectivity index (χ4v) is 1.42. The summed E-state index contributed by atoms with van der Waals surface area (Å²) in [5, 5.41) is 0. The fourth-order valence-electron chi connectivity index (χ4n) is 1.42. The van der Waals surface area contributed by atoms with E-state index in [-0.39, 0.29) is 0 Å². The van der Waals surface area contributed by atoms with E-state index >= 15 is 0 Å². The van der Waals surface area contributed by atoms with Crippen molar-refractivity contribution in [3.05, 3.63) is 0 Å². The third-order valence-electron chi connectivity index (χ3n) is 2.41. The molecule has 0 amide bonds. The van der Waals surface area contributed by atoms with Crippen LogP contribution >= 0.6 is 0 Å². The van der Waals surface area contributed by atoms with Crippen LogP contribution in [-0.4, -0.2) is 38.4 Å². The fraction of sp³-hybridized carbons (Fsp3) is 1.00. The minimum atomic E-state index is -6.00. The molecule has 0 saturated carbocycles. The lowest BCUT2D eigenvalue weighted by Gasteiger charge is -2.26. The van der Waals surface area contributed by atoms with Gasteiger partial charge in [-0.05, 0) is 6.92 Å². The average Bonchev–Trinajstić information content (AvgIpc) is 2.34. The van der Waals surface area contributed by atoms with Crippen molar-refractivity contribution in [1.82, 2.24) is 0 Å². The zero-order valence-electron chi connectivity index (χ0n) is 8.07. The minimum Gasteiger partial charge on any atom is -0.418 e. The Labute approximate surface area is 76.4 Å². The van der Waals surface area contributed by atoms with Crippen LogP contribution in [0.25, 0.3) is 0 Å². The lowest BCUT2D eigenvalue weighted by atomic mass is 10.3. The Bertz CT molecular complexity index is 136. The maximum atomic E-state index is 9.75. The Balaban J connectivity index is 0.000000252. The number of likely N-dealkylation sites (tertiary alicyclic amines) is 1. The van der Waals surface area contributed by atoms with Gasteiger partial charge in [-0.2, -0.15) is 0 Å². The standard InChI is InChI=1S/C7H16N.BF4/c1-3-8(2)6-4-5-7-8;2-1(3,4)5/h3-7H2,1-2H3;/q+1;-1. The second-order valence-corrected chi connectivity index (χ2v) is 3.58. The van der Waals surface area contributed by atoms with Crippen molar-refractivity contribution >= 4 is 7.25 Å². The van der Waals surface area contributed by atoms with Crippen LogP contribution in [0.2, 0.25) is 0 Å². The highest BCUT2D eigenvalue weighted by atomic mass is 19.5. The Morgan fingerprint density at radius 3 is 1.54 bits per heavy atom. The molecule has 0 atom stereocenters. The molecule has 1 nitrogen and oxygen atoms in total. The van der Waals surface area contributed by atoms with Crippen LogP contribution in [0, 0.1) is 0 Å². The summed E-state index contributed by atoms with van der Waals surface area (Å²) in [6.07, 6.45) is 2.90. The van der Waals surface area contributed by atoms with Crippen molar-refractivity contribution in [1.29, 1.82) is 0 Å². The van der Waals surface area contributed by atoms with E-state index in [1.165, 1.54) is 37.0 Å². The molecular formula is C7H16BF4N. The van der Waals surface area contributed by atoms with Crippen molar-refractivity contribution in [3.63, 3.8) is 0 Å². The zero-order chi connectivity index (χ0) is 10.5. The van der Waals surface area contributed by atoms with Crippen LogP contribution < -0.4 is 0 Å². The molecule has 0 bridgehead atoms. The number of quaternary nitrogens is 1. The van der Waals surface area contributed by atoms with Gasteiger partial charge in [-0.1, -0.05) is 0 Å². The molecule has 1 aliphatic rings. The number of hydrogen-bond donors (Lipinski definition) is 0. The van der Waals surface area contributed by atoms with Crippen LogP contribution in [0.5, 0.6) is 0 Å². The summed E-state index contributed by atoms with van der Waals surface area (Å²) < 4.78 is 40.3. The maximum Gasteiger partial charge on any atom is 0.673 e. The molecular weight excluding hydrogens is 185 g/mol. The summed E-state index contributed by atoms with van der Waals surface area (Å²) in [6.45, 7) is 6.43. The monoisotopic (exact) mass is 201 g/mol. The Hall–Kier alpha value is -0.255. The first kappa shape index (κ1) is 12.7. The van der Waals surface area contributed by atoms with Gasteiger partial charge in [-0.25, -0.2) is 0 Å². The van der Waals surface area contributed by atoms with Crippen LogP contribution in [-0.2, 0) is 0 Å². The first-order chi connectivity index (χ1) is 5.77. The smallest absolute Gasteiger partial charge is 0.418 e. The van der Waals surface area contributed by atoms with Crippen molar-refractivity contribution in [3.8, 4) is 0 Å². The van der Waals surface area contributed by atoms with E-state index in [1.807, 2.05) is 0 Å². The van der Waals surface area contributed by atoms with Gasteiger partial charge >= 0.3 is 7.25 Å². The van der Waals surface area contributed by atoms with Crippen LogP contribution in [0.4, 0.5) is 17.3 Å². The van der Waals surface area contributed by atoms with Crippen LogP contribution in [0.1, 0.15) is 19.8 Å². The molecule has 1 saturated heterocycles. The molecule has 0 aromatic rings. The van der Waals surface area contributed by atoms with Gasteiger partial charge in [0, 0.05) is 12.8 Å². The quantitative estimate of drug-likeness (QED) is 0.347. The summed E-state index contributed by atoms with van der Waals surface area (Å²) in [5.41, 5.74) is 0. The third kappa shape index (κ3) is 8.09. The Morgan fingerprint density at radius 1 is 1.08 bits per heavy atom.